The van der Waals surface area contributed by atoms with Gasteiger partial charge in [0.15, 0.2) is 0 Å². The first-order valence-corrected chi connectivity index (χ1v) is 7.42. The summed E-state index contributed by atoms with van der Waals surface area (Å²) in [6.07, 6.45) is 1.95. The average molecular weight is 275 g/mol. The van der Waals surface area contributed by atoms with Crippen LogP contribution in [0, 0.1) is 0 Å². The molecule has 0 N–H and O–H groups in total. The number of esters is 1. The van der Waals surface area contributed by atoms with Crippen LogP contribution in [0.25, 0.3) is 0 Å². The minimum atomic E-state index is -0.415. The molecule has 1 aliphatic heterocycles. The molecule has 3 heteroatoms. The summed E-state index contributed by atoms with van der Waals surface area (Å²) >= 11 is 0. The molecule has 1 unspecified atom stereocenters. The van der Waals surface area contributed by atoms with Crippen molar-refractivity contribution >= 4 is 5.97 Å². The van der Waals surface area contributed by atoms with Crippen molar-refractivity contribution in [2.45, 2.75) is 58.2 Å². The Kier molecular flexibility index (Phi) is 4.48. The van der Waals surface area contributed by atoms with Gasteiger partial charge in [-0.1, -0.05) is 30.3 Å². The fourth-order valence-electron chi connectivity index (χ4n) is 2.80. The molecule has 1 saturated heterocycles. The van der Waals surface area contributed by atoms with E-state index in [0.29, 0.717) is 0 Å². The van der Waals surface area contributed by atoms with Crippen molar-refractivity contribution in [1.29, 1.82) is 0 Å². The van der Waals surface area contributed by atoms with Crippen LogP contribution in [0.3, 0.4) is 0 Å². The minimum absolute atomic E-state index is 0.0854. The first kappa shape index (κ1) is 15.0. The van der Waals surface area contributed by atoms with E-state index in [1.165, 1.54) is 5.56 Å². The summed E-state index contributed by atoms with van der Waals surface area (Å²) in [6, 6.07) is 10.5. The van der Waals surface area contributed by atoms with Gasteiger partial charge in [-0.2, -0.15) is 0 Å². The van der Waals surface area contributed by atoms with E-state index in [9.17, 15) is 4.79 Å². The van der Waals surface area contributed by atoms with Gasteiger partial charge in [-0.15, -0.1) is 0 Å². The fraction of sp³-hybridized carbons (Fsp3) is 0.588. The molecular formula is C17H25NO2. The highest BCUT2D eigenvalue weighted by Crippen LogP contribution is 2.30. The smallest absolute Gasteiger partial charge is 0.323 e. The molecule has 2 atom stereocenters. The molecule has 110 valence electrons. The summed E-state index contributed by atoms with van der Waals surface area (Å²) in [6.45, 7) is 8.89. The van der Waals surface area contributed by atoms with Crippen molar-refractivity contribution in [3.05, 3.63) is 35.9 Å². The van der Waals surface area contributed by atoms with Crippen LogP contribution in [0.1, 0.15) is 52.1 Å². The van der Waals surface area contributed by atoms with Crippen molar-refractivity contribution in [2.75, 3.05) is 6.54 Å². The number of benzene rings is 1. The molecule has 1 fully saturated rings. The molecule has 3 nitrogen and oxygen atoms in total. The number of carbonyl (C=O) groups is 1. The van der Waals surface area contributed by atoms with E-state index in [1.807, 2.05) is 39.0 Å². The number of hydrogen-bond donors (Lipinski definition) is 0. The zero-order valence-electron chi connectivity index (χ0n) is 12.9. The third-order valence-electron chi connectivity index (χ3n) is 3.75. The molecule has 1 aromatic carbocycles. The minimum Gasteiger partial charge on any atom is -0.459 e. The molecule has 0 aliphatic carbocycles. The lowest BCUT2D eigenvalue weighted by atomic mass is 10.1. The van der Waals surface area contributed by atoms with Crippen molar-refractivity contribution in [1.82, 2.24) is 4.90 Å². The maximum Gasteiger partial charge on any atom is 0.323 e. The van der Waals surface area contributed by atoms with Crippen molar-refractivity contribution in [2.24, 2.45) is 0 Å². The summed E-state index contributed by atoms with van der Waals surface area (Å²) in [7, 11) is 0. The predicted octanol–water partition coefficient (Wildman–Crippen LogP) is 3.55. The number of carbonyl (C=O) groups excluding carboxylic acids is 1. The molecule has 1 aliphatic rings. The van der Waals surface area contributed by atoms with Crippen LogP contribution in [0.5, 0.6) is 0 Å². The molecular weight excluding hydrogens is 250 g/mol. The molecule has 0 aromatic heterocycles. The van der Waals surface area contributed by atoms with E-state index >= 15 is 0 Å². The maximum atomic E-state index is 12.3. The van der Waals surface area contributed by atoms with E-state index in [2.05, 4.69) is 24.0 Å². The lowest BCUT2D eigenvalue weighted by Gasteiger charge is -2.31. The van der Waals surface area contributed by atoms with E-state index in [-0.39, 0.29) is 18.1 Å². The summed E-state index contributed by atoms with van der Waals surface area (Å²) in [4.78, 5) is 14.6. The molecule has 0 bridgehead atoms. The van der Waals surface area contributed by atoms with E-state index < -0.39 is 5.60 Å². The van der Waals surface area contributed by atoms with Gasteiger partial charge in [0.1, 0.15) is 11.6 Å². The van der Waals surface area contributed by atoms with Gasteiger partial charge in [0.05, 0.1) is 0 Å². The molecule has 0 radical (unpaired) electrons. The van der Waals surface area contributed by atoms with Gasteiger partial charge in [0.25, 0.3) is 0 Å². The predicted molar refractivity (Wildman–Crippen MR) is 80.4 cm³/mol. The van der Waals surface area contributed by atoms with Gasteiger partial charge in [-0.3, -0.25) is 9.69 Å². The van der Waals surface area contributed by atoms with E-state index in [4.69, 9.17) is 4.74 Å². The Morgan fingerprint density at radius 2 is 1.95 bits per heavy atom. The molecule has 20 heavy (non-hydrogen) atoms. The molecule has 0 saturated carbocycles. The van der Waals surface area contributed by atoms with Crippen molar-refractivity contribution in [3.63, 3.8) is 0 Å². The SMILES string of the molecule is CC(c1ccccc1)N1CCC[C@H]1C(=O)OC(C)(C)C. The van der Waals surface area contributed by atoms with Crippen LogP contribution >= 0.6 is 0 Å². The van der Waals surface area contributed by atoms with Gasteiger partial charge in [-0.25, -0.2) is 0 Å². The number of likely N-dealkylation sites (tertiary alicyclic amines) is 1. The second-order valence-corrected chi connectivity index (χ2v) is 6.52. The monoisotopic (exact) mass is 275 g/mol. The van der Waals surface area contributed by atoms with Crippen LogP contribution in [0.15, 0.2) is 30.3 Å². The summed E-state index contributed by atoms with van der Waals surface area (Å²) in [5.41, 5.74) is 0.837. The molecule has 1 aromatic rings. The number of hydrogen-bond acceptors (Lipinski definition) is 3. The second kappa shape index (κ2) is 5.96. The third kappa shape index (κ3) is 3.60. The van der Waals surface area contributed by atoms with Crippen molar-refractivity contribution < 1.29 is 9.53 Å². The zero-order valence-corrected chi connectivity index (χ0v) is 12.9. The Hall–Kier alpha value is -1.35. The summed E-state index contributed by atoms with van der Waals surface area (Å²) in [5.74, 6) is -0.0854. The first-order valence-electron chi connectivity index (χ1n) is 7.42. The standard InChI is InChI=1S/C17H25NO2/c1-13(14-9-6-5-7-10-14)18-12-8-11-15(18)16(19)20-17(2,3)4/h5-7,9-10,13,15H,8,11-12H2,1-4H3/t13?,15-/m0/s1. The normalized spacial score (nSPS) is 21.7. The fourth-order valence-corrected chi connectivity index (χ4v) is 2.80. The van der Waals surface area contributed by atoms with Crippen LogP contribution in [0.2, 0.25) is 0 Å². The second-order valence-electron chi connectivity index (χ2n) is 6.52. The number of ether oxygens (including phenoxy) is 1. The first-order chi connectivity index (χ1) is 9.38. The molecule has 1 heterocycles. The van der Waals surface area contributed by atoms with Gasteiger partial charge in [-0.05, 0) is 52.6 Å². The number of rotatable bonds is 3. The van der Waals surface area contributed by atoms with E-state index in [0.717, 1.165) is 19.4 Å². The van der Waals surface area contributed by atoms with Crippen LogP contribution in [-0.4, -0.2) is 29.1 Å². The number of nitrogens with zero attached hydrogens (tertiary/aromatic N) is 1. The molecule has 0 amide bonds. The molecule has 2 rings (SSSR count). The average Bonchev–Trinajstić information content (AvgIpc) is 2.86. The highest BCUT2D eigenvalue weighted by Gasteiger charge is 2.36. The lowest BCUT2D eigenvalue weighted by molar-refractivity contribution is -0.161. The topological polar surface area (TPSA) is 29.5 Å². The Morgan fingerprint density at radius 3 is 2.55 bits per heavy atom. The van der Waals surface area contributed by atoms with Crippen LogP contribution in [-0.2, 0) is 9.53 Å². The highest BCUT2D eigenvalue weighted by atomic mass is 16.6. The van der Waals surface area contributed by atoms with Gasteiger partial charge < -0.3 is 4.74 Å². The molecule has 0 spiro atoms. The lowest BCUT2D eigenvalue weighted by Crippen LogP contribution is -2.41. The summed E-state index contributed by atoms with van der Waals surface area (Å²) < 4.78 is 5.56. The van der Waals surface area contributed by atoms with Gasteiger partial charge in [0.2, 0.25) is 0 Å². The van der Waals surface area contributed by atoms with Crippen LogP contribution in [0.4, 0.5) is 0 Å². The Labute approximate surface area is 121 Å². The Bertz CT molecular complexity index is 450. The van der Waals surface area contributed by atoms with Crippen LogP contribution < -0.4 is 0 Å². The van der Waals surface area contributed by atoms with E-state index in [1.54, 1.807) is 0 Å². The summed E-state index contributed by atoms with van der Waals surface area (Å²) in [5, 5.41) is 0. The third-order valence-corrected chi connectivity index (χ3v) is 3.75. The maximum absolute atomic E-state index is 12.3. The zero-order chi connectivity index (χ0) is 14.8. The van der Waals surface area contributed by atoms with Gasteiger partial charge >= 0.3 is 5.97 Å². The Balaban J connectivity index is 2.09. The van der Waals surface area contributed by atoms with Crippen molar-refractivity contribution in [3.8, 4) is 0 Å². The highest BCUT2D eigenvalue weighted by molar-refractivity contribution is 5.76. The largest absolute Gasteiger partial charge is 0.459 e. The van der Waals surface area contributed by atoms with Gasteiger partial charge in [0, 0.05) is 6.04 Å². The Morgan fingerprint density at radius 1 is 1.30 bits per heavy atom. The quantitative estimate of drug-likeness (QED) is 0.790.